The molecule has 0 aromatic carbocycles. The van der Waals surface area contributed by atoms with E-state index < -0.39 is 29.8 Å². The highest BCUT2D eigenvalue weighted by Crippen LogP contribution is 1.93. The van der Waals surface area contributed by atoms with Crippen molar-refractivity contribution in [3.63, 3.8) is 0 Å². The Morgan fingerprint density at radius 3 is 2.50 bits per heavy atom. The molecule has 0 spiro atoms. The van der Waals surface area contributed by atoms with Crippen molar-refractivity contribution in [3.8, 4) is 0 Å². The van der Waals surface area contributed by atoms with E-state index in [4.69, 9.17) is 21.5 Å². The zero-order valence-electron chi connectivity index (χ0n) is 8.66. The van der Waals surface area contributed by atoms with Crippen LogP contribution in [0.25, 0.3) is 5.53 Å². The Morgan fingerprint density at radius 2 is 2.12 bits per heavy atom. The van der Waals surface area contributed by atoms with Gasteiger partial charge in [-0.1, -0.05) is 0 Å². The number of rotatable bonds is 6. The number of hydrogen-bond acceptors (Lipinski definition) is 5. The van der Waals surface area contributed by atoms with Crippen LogP contribution in [0.15, 0.2) is 0 Å². The van der Waals surface area contributed by atoms with Crippen molar-refractivity contribution in [2.75, 3.05) is 6.61 Å². The van der Waals surface area contributed by atoms with E-state index >= 15 is 0 Å². The smallest absolute Gasteiger partial charge is 0.419 e. The first kappa shape index (κ1) is 14.2. The average Bonchev–Trinajstić information content (AvgIpc) is 2.17. The van der Waals surface area contributed by atoms with E-state index in [9.17, 15) is 9.59 Å². The molecule has 0 amide bonds. The van der Waals surface area contributed by atoms with Gasteiger partial charge in [0.1, 0.15) is 6.04 Å². The van der Waals surface area contributed by atoms with Crippen LogP contribution in [0.3, 0.4) is 0 Å². The molecule has 0 saturated heterocycles. The molecule has 0 rings (SSSR count). The molecule has 0 fully saturated rings. The summed E-state index contributed by atoms with van der Waals surface area (Å²) in [5, 5.41) is 17.4. The molecule has 0 radical (unpaired) electrons. The summed E-state index contributed by atoms with van der Waals surface area (Å²) in [6, 6.07) is -1.13. The number of esters is 1. The topological polar surface area (TPSA) is 146 Å². The lowest BCUT2D eigenvalue weighted by Crippen LogP contribution is -2.33. The molecule has 0 aromatic heterocycles. The van der Waals surface area contributed by atoms with Gasteiger partial charge in [0, 0.05) is 6.42 Å². The molecule has 0 aliphatic rings. The molecule has 0 aromatic rings. The molecule has 8 heteroatoms. The fraction of sp³-hybridized carbons (Fsp3) is 0.625. The maximum absolute atomic E-state index is 11.1. The van der Waals surface area contributed by atoms with Gasteiger partial charge in [-0.25, -0.2) is 4.79 Å². The van der Waals surface area contributed by atoms with E-state index in [0.717, 1.165) is 0 Å². The van der Waals surface area contributed by atoms with E-state index in [1.165, 1.54) is 6.92 Å². The van der Waals surface area contributed by atoms with Gasteiger partial charge in [0.05, 0.1) is 6.61 Å². The quantitative estimate of drug-likeness (QED) is 0.217. The van der Waals surface area contributed by atoms with E-state index in [2.05, 4.69) is 9.53 Å². The molecular formula is C8H13N3O5. The van der Waals surface area contributed by atoms with Gasteiger partial charge in [0.15, 0.2) is 6.10 Å². The molecule has 2 atom stereocenters. The van der Waals surface area contributed by atoms with Crippen molar-refractivity contribution in [3.05, 3.63) is 5.53 Å². The third kappa shape index (κ3) is 4.65. The van der Waals surface area contributed by atoms with Crippen molar-refractivity contribution >= 4 is 17.7 Å². The molecule has 8 nitrogen and oxygen atoms in total. The number of nitrogens with two attached hydrogens (primary N) is 1. The van der Waals surface area contributed by atoms with Gasteiger partial charge in [-0.15, -0.1) is 0 Å². The second kappa shape index (κ2) is 6.67. The minimum Gasteiger partial charge on any atom is -0.480 e. The fourth-order valence-corrected chi connectivity index (χ4v) is 0.771. The van der Waals surface area contributed by atoms with Crippen LogP contribution < -0.4 is 5.73 Å². The molecule has 4 N–H and O–H groups in total. The van der Waals surface area contributed by atoms with Crippen LogP contribution in [0.1, 0.15) is 13.3 Å². The minimum absolute atomic E-state index is 0.0698. The minimum atomic E-state index is -1.27. The third-order valence-corrected chi connectivity index (χ3v) is 1.69. The lowest BCUT2D eigenvalue weighted by atomic mass is 10.2. The maximum Gasteiger partial charge on any atom is 0.419 e. The van der Waals surface area contributed by atoms with Gasteiger partial charge in [-0.3, -0.25) is 4.79 Å². The number of carboxylic acids is 1. The number of aliphatic hydroxyl groups excluding tert-OH is 1. The molecule has 90 valence electrons. The summed E-state index contributed by atoms with van der Waals surface area (Å²) in [6.45, 7) is 0.983. The number of aliphatic hydroxyl groups is 1. The standard InChI is InChI=1S/C8H13N3O5/c1-4(12)6(11-10)8(15)16-3-2-5(9)7(13)14/h4-5,12H,2-3,9H2,1H3,(H,13,14)/t4?,5-/m0/s1. The molecule has 1 unspecified atom stereocenters. The zero-order chi connectivity index (χ0) is 12.7. The second-order valence-corrected chi connectivity index (χ2v) is 3.03. The van der Waals surface area contributed by atoms with Gasteiger partial charge in [-0.05, 0) is 6.92 Å². The van der Waals surface area contributed by atoms with Crippen molar-refractivity contribution in [2.24, 2.45) is 5.73 Å². The lowest BCUT2D eigenvalue weighted by Gasteiger charge is -2.06. The first-order valence-corrected chi connectivity index (χ1v) is 4.45. The molecule has 0 saturated carbocycles. The summed E-state index contributed by atoms with van der Waals surface area (Å²) in [5.74, 6) is -2.22. The van der Waals surface area contributed by atoms with E-state index in [1.54, 1.807) is 0 Å². The van der Waals surface area contributed by atoms with Gasteiger partial charge < -0.3 is 26.2 Å². The maximum atomic E-state index is 11.1. The predicted octanol–water partition coefficient (Wildman–Crippen LogP) is -1.62. The van der Waals surface area contributed by atoms with E-state index in [0.29, 0.717) is 0 Å². The van der Waals surface area contributed by atoms with E-state index in [-0.39, 0.29) is 13.0 Å². The van der Waals surface area contributed by atoms with Crippen LogP contribution in [0.5, 0.6) is 0 Å². The number of carbonyl (C=O) groups excluding carboxylic acids is 1. The molecule has 16 heavy (non-hydrogen) atoms. The summed E-state index contributed by atoms with van der Waals surface area (Å²) >= 11 is 0. The van der Waals surface area contributed by atoms with Crippen molar-refractivity contribution in [1.82, 2.24) is 0 Å². The molecule has 0 heterocycles. The highest BCUT2D eigenvalue weighted by atomic mass is 16.5. The van der Waals surface area contributed by atoms with Crippen molar-refractivity contribution in [2.45, 2.75) is 25.5 Å². The lowest BCUT2D eigenvalue weighted by molar-refractivity contribution is -0.144. The van der Waals surface area contributed by atoms with Gasteiger partial charge in [-0.2, -0.15) is 4.79 Å². The molecule has 0 bridgehead atoms. The summed E-state index contributed by atoms with van der Waals surface area (Å²) in [7, 11) is 0. The first-order chi connectivity index (χ1) is 7.40. The number of aliphatic carboxylic acids is 1. The van der Waals surface area contributed by atoms with Gasteiger partial charge >= 0.3 is 17.7 Å². The Hall–Kier alpha value is -1.76. The van der Waals surface area contributed by atoms with Crippen LogP contribution in [-0.2, 0) is 14.3 Å². The summed E-state index contributed by atoms with van der Waals surface area (Å²) in [6.07, 6.45) is -1.34. The highest BCUT2D eigenvalue weighted by Gasteiger charge is 2.27. The van der Waals surface area contributed by atoms with Crippen molar-refractivity contribution < 1.29 is 29.3 Å². The normalized spacial score (nSPS) is 13.4. The fourth-order valence-electron chi connectivity index (χ4n) is 0.771. The van der Waals surface area contributed by atoms with Gasteiger partial charge in [0.25, 0.3) is 0 Å². The highest BCUT2D eigenvalue weighted by molar-refractivity contribution is 6.35. The van der Waals surface area contributed by atoms with Crippen molar-refractivity contribution in [1.29, 1.82) is 0 Å². The Kier molecular flexibility index (Phi) is 5.94. The van der Waals surface area contributed by atoms with Gasteiger partial charge in [0.2, 0.25) is 0 Å². The average molecular weight is 231 g/mol. The Labute approximate surface area is 91.2 Å². The largest absolute Gasteiger partial charge is 0.480 e. The summed E-state index contributed by atoms with van der Waals surface area (Å²) in [5.41, 5.74) is 13.0. The summed E-state index contributed by atoms with van der Waals surface area (Å²) < 4.78 is 4.54. The van der Waals surface area contributed by atoms with Crippen LogP contribution in [-0.4, -0.2) is 51.4 Å². The monoisotopic (exact) mass is 231 g/mol. The van der Waals surface area contributed by atoms with E-state index in [1.807, 2.05) is 0 Å². The van der Waals surface area contributed by atoms with Crippen LogP contribution in [0.4, 0.5) is 0 Å². The SMILES string of the molecule is CC(O)C(=[N+]=[N-])C(=O)OCC[C@H](N)C(=O)O. The van der Waals surface area contributed by atoms with Crippen LogP contribution in [0.2, 0.25) is 0 Å². The molecule has 0 aliphatic carbocycles. The zero-order valence-corrected chi connectivity index (χ0v) is 8.66. The predicted molar refractivity (Wildman–Crippen MR) is 51.5 cm³/mol. The Morgan fingerprint density at radius 1 is 1.56 bits per heavy atom. The number of carbonyl (C=O) groups is 2. The Balaban J connectivity index is 4.09. The number of hydrogen-bond donors (Lipinski definition) is 3. The molecule has 0 aliphatic heterocycles. The summed E-state index contributed by atoms with van der Waals surface area (Å²) in [4.78, 5) is 24.0. The van der Waals surface area contributed by atoms with Crippen LogP contribution >= 0.6 is 0 Å². The number of ether oxygens (including phenoxy) is 1. The molecular weight excluding hydrogens is 218 g/mol. The third-order valence-electron chi connectivity index (χ3n) is 1.69. The number of nitrogens with zero attached hydrogens (tertiary/aromatic N) is 2. The second-order valence-electron chi connectivity index (χ2n) is 3.03. The van der Waals surface area contributed by atoms with Crippen LogP contribution in [0, 0.1) is 0 Å². The Bertz CT molecular complexity index is 322. The first-order valence-electron chi connectivity index (χ1n) is 4.45. The number of carboxylic acid groups (broad SMARTS) is 1.